The summed E-state index contributed by atoms with van der Waals surface area (Å²) in [6.07, 6.45) is 3.26. The topological polar surface area (TPSA) is 50.7 Å². The molecule has 1 aliphatic heterocycles. The molecule has 0 aromatic heterocycles. The maximum Gasteiger partial charge on any atom is 0.0697 e. The normalized spacial score (nSPS) is 18.6. The molecule has 0 aromatic rings. The van der Waals surface area contributed by atoms with Crippen molar-refractivity contribution in [3.05, 3.63) is 0 Å². The molecule has 1 fully saturated rings. The zero-order valence-electron chi connectivity index (χ0n) is 8.71. The Labute approximate surface area is 85.6 Å². The molecule has 2 N–H and O–H groups in total. The standard InChI is InChI=1S/C10H21NO3/c12-5-9-13-6-1-4-11-10-2-7-14-8-3-10/h10-12H,1-9H2. The van der Waals surface area contributed by atoms with Crippen molar-refractivity contribution in [3.8, 4) is 0 Å². The van der Waals surface area contributed by atoms with Crippen LogP contribution in [0.25, 0.3) is 0 Å². The first kappa shape index (κ1) is 11.9. The van der Waals surface area contributed by atoms with Gasteiger partial charge in [0.1, 0.15) is 0 Å². The molecule has 0 radical (unpaired) electrons. The summed E-state index contributed by atoms with van der Waals surface area (Å²) in [5, 5.41) is 11.9. The summed E-state index contributed by atoms with van der Waals surface area (Å²) < 4.78 is 10.4. The van der Waals surface area contributed by atoms with E-state index in [-0.39, 0.29) is 6.61 Å². The van der Waals surface area contributed by atoms with Crippen LogP contribution in [0.3, 0.4) is 0 Å². The van der Waals surface area contributed by atoms with Crippen molar-refractivity contribution in [2.75, 3.05) is 39.6 Å². The zero-order valence-corrected chi connectivity index (χ0v) is 8.71. The molecule has 0 saturated carbocycles. The molecule has 1 heterocycles. The fraction of sp³-hybridized carbons (Fsp3) is 1.00. The molecular weight excluding hydrogens is 182 g/mol. The van der Waals surface area contributed by atoms with Crippen molar-refractivity contribution < 1.29 is 14.6 Å². The second-order valence-electron chi connectivity index (χ2n) is 3.53. The molecule has 0 unspecified atom stereocenters. The van der Waals surface area contributed by atoms with Crippen LogP contribution in [0.15, 0.2) is 0 Å². The number of rotatable bonds is 7. The van der Waals surface area contributed by atoms with Gasteiger partial charge in [0.25, 0.3) is 0 Å². The highest BCUT2D eigenvalue weighted by molar-refractivity contribution is 4.69. The summed E-state index contributed by atoms with van der Waals surface area (Å²) in [5.74, 6) is 0. The van der Waals surface area contributed by atoms with Crippen LogP contribution in [-0.4, -0.2) is 50.7 Å². The minimum atomic E-state index is 0.118. The van der Waals surface area contributed by atoms with E-state index < -0.39 is 0 Å². The predicted molar refractivity (Wildman–Crippen MR) is 54.4 cm³/mol. The Morgan fingerprint density at radius 3 is 2.79 bits per heavy atom. The molecule has 1 aliphatic rings. The van der Waals surface area contributed by atoms with E-state index >= 15 is 0 Å². The first-order chi connectivity index (χ1) is 6.93. The molecular formula is C10H21NO3. The summed E-state index contributed by atoms with van der Waals surface area (Å²) in [6, 6.07) is 0.626. The van der Waals surface area contributed by atoms with Crippen molar-refractivity contribution in [1.29, 1.82) is 0 Å². The van der Waals surface area contributed by atoms with Gasteiger partial charge < -0.3 is 19.9 Å². The van der Waals surface area contributed by atoms with Crippen molar-refractivity contribution in [2.45, 2.75) is 25.3 Å². The van der Waals surface area contributed by atoms with Gasteiger partial charge in [0, 0.05) is 25.9 Å². The van der Waals surface area contributed by atoms with Gasteiger partial charge in [-0.1, -0.05) is 0 Å². The second kappa shape index (κ2) is 8.17. The molecule has 0 aromatic carbocycles. The smallest absolute Gasteiger partial charge is 0.0697 e. The van der Waals surface area contributed by atoms with Gasteiger partial charge >= 0.3 is 0 Å². The molecule has 0 aliphatic carbocycles. The number of aliphatic hydroxyl groups excluding tert-OH is 1. The Kier molecular flexibility index (Phi) is 6.95. The Hall–Kier alpha value is -0.160. The molecule has 14 heavy (non-hydrogen) atoms. The van der Waals surface area contributed by atoms with Gasteiger partial charge in [-0.2, -0.15) is 0 Å². The van der Waals surface area contributed by atoms with Crippen molar-refractivity contribution in [3.63, 3.8) is 0 Å². The first-order valence-electron chi connectivity index (χ1n) is 5.43. The van der Waals surface area contributed by atoms with Gasteiger partial charge in [0.05, 0.1) is 13.2 Å². The third-order valence-corrected chi connectivity index (χ3v) is 2.36. The lowest BCUT2D eigenvalue weighted by Gasteiger charge is -2.23. The van der Waals surface area contributed by atoms with Gasteiger partial charge in [0.2, 0.25) is 0 Å². The molecule has 0 spiro atoms. The average molecular weight is 203 g/mol. The van der Waals surface area contributed by atoms with Crippen LogP contribution in [-0.2, 0) is 9.47 Å². The Bertz CT molecular complexity index is 127. The number of nitrogens with one attached hydrogen (secondary N) is 1. The maximum absolute atomic E-state index is 8.47. The number of aliphatic hydroxyl groups is 1. The minimum absolute atomic E-state index is 0.118. The van der Waals surface area contributed by atoms with E-state index in [1.807, 2.05) is 0 Å². The lowest BCUT2D eigenvalue weighted by atomic mass is 10.1. The SMILES string of the molecule is OCCOCCCNC1CCOCC1. The zero-order chi connectivity index (χ0) is 10.1. The Morgan fingerprint density at radius 1 is 1.29 bits per heavy atom. The van der Waals surface area contributed by atoms with Crippen molar-refractivity contribution in [2.24, 2.45) is 0 Å². The average Bonchev–Trinajstić information content (AvgIpc) is 2.25. The molecule has 1 saturated heterocycles. The monoisotopic (exact) mass is 203 g/mol. The summed E-state index contributed by atoms with van der Waals surface area (Å²) >= 11 is 0. The van der Waals surface area contributed by atoms with Crippen LogP contribution in [0.1, 0.15) is 19.3 Å². The summed E-state index contributed by atoms with van der Waals surface area (Å²) in [5.41, 5.74) is 0. The third kappa shape index (κ3) is 5.54. The van der Waals surface area contributed by atoms with Crippen LogP contribution >= 0.6 is 0 Å². The Balaban J connectivity index is 1.82. The molecule has 0 amide bonds. The fourth-order valence-electron chi connectivity index (χ4n) is 1.55. The van der Waals surface area contributed by atoms with Crippen LogP contribution in [0.2, 0.25) is 0 Å². The van der Waals surface area contributed by atoms with E-state index in [0.29, 0.717) is 12.6 Å². The first-order valence-corrected chi connectivity index (χ1v) is 5.43. The van der Waals surface area contributed by atoms with Crippen LogP contribution in [0.5, 0.6) is 0 Å². The molecule has 1 rings (SSSR count). The van der Waals surface area contributed by atoms with Crippen LogP contribution < -0.4 is 5.32 Å². The summed E-state index contributed by atoms with van der Waals surface area (Å²) in [4.78, 5) is 0. The maximum atomic E-state index is 8.47. The molecule has 4 nitrogen and oxygen atoms in total. The summed E-state index contributed by atoms with van der Waals surface area (Å²) in [6.45, 7) is 4.08. The van der Waals surface area contributed by atoms with Crippen LogP contribution in [0, 0.1) is 0 Å². The largest absolute Gasteiger partial charge is 0.394 e. The van der Waals surface area contributed by atoms with E-state index in [1.54, 1.807) is 0 Å². The van der Waals surface area contributed by atoms with Gasteiger partial charge in [-0.3, -0.25) is 0 Å². The fourth-order valence-corrected chi connectivity index (χ4v) is 1.55. The number of ether oxygens (including phenoxy) is 2. The second-order valence-corrected chi connectivity index (χ2v) is 3.53. The van der Waals surface area contributed by atoms with Gasteiger partial charge in [-0.15, -0.1) is 0 Å². The van der Waals surface area contributed by atoms with Gasteiger partial charge in [-0.25, -0.2) is 0 Å². The number of hydrogen-bond donors (Lipinski definition) is 2. The van der Waals surface area contributed by atoms with E-state index in [0.717, 1.165) is 45.6 Å². The van der Waals surface area contributed by atoms with Gasteiger partial charge in [-0.05, 0) is 25.8 Å². The van der Waals surface area contributed by atoms with E-state index in [4.69, 9.17) is 14.6 Å². The van der Waals surface area contributed by atoms with E-state index in [9.17, 15) is 0 Å². The third-order valence-electron chi connectivity index (χ3n) is 2.36. The highest BCUT2D eigenvalue weighted by Crippen LogP contribution is 2.05. The van der Waals surface area contributed by atoms with Crippen molar-refractivity contribution in [1.82, 2.24) is 5.32 Å². The highest BCUT2D eigenvalue weighted by Gasteiger charge is 2.11. The molecule has 0 atom stereocenters. The molecule has 0 bridgehead atoms. The van der Waals surface area contributed by atoms with Crippen LogP contribution in [0.4, 0.5) is 0 Å². The van der Waals surface area contributed by atoms with Gasteiger partial charge in [0.15, 0.2) is 0 Å². The van der Waals surface area contributed by atoms with E-state index in [1.165, 1.54) is 0 Å². The number of hydrogen-bond acceptors (Lipinski definition) is 4. The molecule has 4 heteroatoms. The summed E-state index contributed by atoms with van der Waals surface area (Å²) in [7, 11) is 0. The molecule has 84 valence electrons. The minimum Gasteiger partial charge on any atom is -0.394 e. The van der Waals surface area contributed by atoms with Crippen molar-refractivity contribution >= 4 is 0 Å². The quantitative estimate of drug-likeness (QED) is 0.578. The highest BCUT2D eigenvalue weighted by atomic mass is 16.5. The predicted octanol–water partition coefficient (Wildman–Crippen LogP) is 0.154. The van der Waals surface area contributed by atoms with E-state index in [2.05, 4.69) is 5.32 Å². The lowest BCUT2D eigenvalue weighted by Crippen LogP contribution is -2.35. The lowest BCUT2D eigenvalue weighted by molar-refractivity contribution is 0.0737. The Morgan fingerprint density at radius 2 is 2.07 bits per heavy atom.